The molecule has 146 valence electrons. The molecule has 0 saturated heterocycles. The average Bonchev–Trinajstić information content (AvgIpc) is 3.37. The Bertz CT molecular complexity index is 954. The second kappa shape index (κ2) is 10.0. The molecular weight excluding hydrogens is 416 g/mol. The lowest BCUT2D eigenvalue weighted by Crippen LogP contribution is -2.04. The third kappa shape index (κ3) is 5.11. The van der Waals surface area contributed by atoms with Crippen LogP contribution >= 0.6 is 34.3 Å². The molecule has 8 heteroatoms. The third-order valence-corrected chi connectivity index (χ3v) is 6.49. The molecule has 3 aromatic rings. The van der Waals surface area contributed by atoms with E-state index in [0.717, 1.165) is 21.9 Å². The summed E-state index contributed by atoms with van der Waals surface area (Å²) in [6.07, 6.45) is 4.51. The number of halogens is 1. The number of carbonyl (C=O) groups is 2. The van der Waals surface area contributed by atoms with Crippen molar-refractivity contribution < 1.29 is 14.7 Å². The van der Waals surface area contributed by atoms with Gasteiger partial charge < -0.3 is 5.11 Å². The minimum atomic E-state index is -0.418. The molecule has 0 fully saturated rings. The van der Waals surface area contributed by atoms with Crippen molar-refractivity contribution in [2.24, 2.45) is 0 Å². The van der Waals surface area contributed by atoms with Gasteiger partial charge in [-0.1, -0.05) is 36.2 Å². The number of aliphatic hydroxyl groups is 1. The second-order valence-electron chi connectivity index (χ2n) is 6.19. The molecule has 2 aromatic heterocycles. The summed E-state index contributed by atoms with van der Waals surface area (Å²) in [7, 11) is 0. The van der Waals surface area contributed by atoms with Gasteiger partial charge in [-0.15, -0.1) is 22.7 Å². The minimum Gasteiger partial charge on any atom is -0.389 e. The average molecular weight is 435 g/mol. The number of aromatic nitrogens is 2. The number of Topliss-reactive ketones (excluding diaryl/α,β-unsaturated/α-hetero) is 2. The number of hydrogen-bond donors (Lipinski definition) is 1. The third-order valence-electron chi connectivity index (χ3n) is 4.16. The molecule has 3 rings (SSSR count). The van der Waals surface area contributed by atoms with Crippen LogP contribution in [0.25, 0.3) is 20.5 Å². The van der Waals surface area contributed by atoms with Gasteiger partial charge in [0, 0.05) is 35.0 Å². The first-order chi connectivity index (χ1) is 13.6. The molecule has 0 atom stereocenters. The van der Waals surface area contributed by atoms with Crippen molar-refractivity contribution in [2.45, 2.75) is 32.1 Å². The van der Waals surface area contributed by atoms with Crippen LogP contribution < -0.4 is 0 Å². The molecule has 0 saturated carbocycles. The Kier molecular flexibility index (Phi) is 7.44. The predicted octanol–water partition coefficient (Wildman–Crippen LogP) is 5.28. The van der Waals surface area contributed by atoms with Crippen molar-refractivity contribution in [1.29, 1.82) is 0 Å². The second-order valence-corrected chi connectivity index (χ2v) is 8.50. The molecule has 0 aliphatic carbocycles. The highest BCUT2D eigenvalue weighted by Gasteiger charge is 2.22. The number of nitrogens with zero attached hydrogens (tertiary/aromatic N) is 2. The summed E-state index contributed by atoms with van der Waals surface area (Å²) in [4.78, 5) is 33.6. The van der Waals surface area contributed by atoms with Gasteiger partial charge in [0.2, 0.25) is 0 Å². The zero-order valence-electron chi connectivity index (χ0n) is 15.1. The Labute approximate surface area is 176 Å². The number of carbonyl (C=O) groups excluding carboxylic acids is 2. The van der Waals surface area contributed by atoms with Crippen molar-refractivity contribution in [2.75, 3.05) is 6.61 Å². The van der Waals surface area contributed by atoms with E-state index in [1.165, 1.54) is 22.7 Å². The number of hydrogen-bond acceptors (Lipinski definition) is 7. The monoisotopic (exact) mass is 434 g/mol. The molecule has 1 aromatic carbocycles. The van der Waals surface area contributed by atoms with Crippen LogP contribution in [0.5, 0.6) is 0 Å². The topological polar surface area (TPSA) is 80.1 Å². The molecule has 0 spiro atoms. The normalized spacial score (nSPS) is 10.9. The van der Waals surface area contributed by atoms with Crippen LogP contribution in [0.4, 0.5) is 0 Å². The van der Waals surface area contributed by atoms with E-state index in [2.05, 4.69) is 9.97 Å². The molecule has 0 aliphatic heterocycles. The quantitative estimate of drug-likeness (QED) is 0.346. The zero-order chi connectivity index (χ0) is 19.9. The Morgan fingerprint density at radius 1 is 1.07 bits per heavy atom. The van der Waals surface area contributed by atoms with Crippen LogP contribution in [0.2, 0.25) is 5.02 Å². The summed E-state index contributed by atoms with van der Waals surface area (Å²) >= 11 is 9.26. The van der Waals surface area contributed by atoms with Gasteiger partial charge in [-0.05, 0) is 18.9 Å². The van der Waals surface area contributed by atoms with Crippen LogP contribution in [0.1, 0.15) is 42.6 Å². The lowest BCUT2D eigenvalue weighted by atomic mass is 10.0. The van der Waals surface area contributed by atoms with Crippen LogP contribution in [-0.2, 0) is 4.79 Å². The van der Waals surface area contributed by atoms with Gasteiger partial charge in [0.05, 0.1) is 4.88 Å². The lowest BCUT2D eigenvalue weighted by Gasteiger charge is -2.04. The highest BCUT2D eigenvalue weighted by molar-refractivity contribution is 7.22. The summed E-state index contributed by atoms with van der Waals surface area (Å²) < 4.78 is 0. The fourth-order valence-electron chi connectivity index (χ4n) is 2.74. The van der Waals surface area contributed by atoms with Crippen molar-refractivity contribution in [1.82, 2.24) is 9.97 Å². The number of benzene rings is 1. The molecule has 2 heterocycles. The van der Waals surface area contributed by atoms with E-state index in [1.807, 2.05) is 23.6 Å². The molecule has 5 nitrogen and oxygen atoms in total. The van der Waals surface area contributed by atoms with E-state index >= 15 is 0 Å². The maximum atomic E-state index is 12.9. The molecule has 0 radical (unpaired) electrons. The Balaban J connectivity index is 1.78. The SMILES string of the molecule is O=C(CO)CCCCCC(=O)c1nc(-c2nccs2)sc1-c1ccccc1Cl. The molecule has 0 unspecified atom stereocenters. The fraction of sp³-hybridized carbons (Fsp3) is 0.300. The number of ketones is 2. The lowest BCUT2D eigenvalue weighted by molar-refractivity contribution is -0.121. The van der Waals surface area contributed by atoms with Gasteiger partial charge in [0.1, 0.15) is 12.3 Å². The van der Waals surface area contributed by atoms with Crippen molar-refractivity contribution in [3.05, 3.63) is 46.6 Å². The van der Waals surface area contributed by atoms with Crippen molar-refractivity contribution in [3.63, 3.8) is 0 Å². The van der Waals surface area contributed by atoms with E-state index in [4.69, 9.17) is 16.7 Å². The molecule has 1 N–H and O–H groups in total. The fourth-order valence-corrected chi connectivity index (χ4v) is 4.83. The van der Waals surface area contributed by atoms with Crippen molar-refractivity contribution in [3.8, 4) is 20.5 Å². The summed E-state index contributed by atoms with van der Waals surface area (Å²) in [6.45, 7) is -0.418. The Morgan fingerprint density at radius 2 is 1.86 bits per heavy atom. The summed E-state index contributed by atoms with van der Waals surface area (Å²) in [5.41, 5.74) is 1.22. The number of rotatable bonds is 10. The largest absolute Gasteiger partial charge is 0.389 e. The highest BCUT2D eigenvalue weighted by Crippen LogP contribution is 2.39. The predicted molar refractivity (Wildman–Crippen MR) is 113 cm³/mol. The van der Waals surface area contributed by atoms with Gasteiger partial charge in [-0.2, -0.15) is 0 Å². The number of unbranched alkanes of at least 4 members (excludes halogenated alkanes) is 2. The zero-order valence-corrected chi connectivity index (χ0v) is 17.4. The molecule has 28 heavy (non-hydrogen) atoms. The van der Waals surface area contributed by atoms with Crippen LogP contribution in [-0.4, -0.2) is 33.2 Å². The van der Waals surface area contributed by atoms with E-state index in [9.17, 15) is 9.59 Å². The van der Waals surface area contributed by atoms with Gasteiger partial charge >= 0.3 is 0 Å². The summed E-state index contributed by atoms with van der Waals surface area (Å²) in [5.74, 6) is -0.206. The van der Waals surface area contributed by atoms with Crippen molar-refractivity contribution >= 4 is 45.8 Å². The smallest absolute Gasteiger partial charge is 0.182 e. The van der Waals surface area contributed by atoms with E-state index in [0.29, 0.717) is 41.4 Å². The summed E-state index contributed by atoms with van der Waals surface area (Å²) in [6, 6.07) is 7.42. The Hall–Kier alpha value is -1.93. The first-order valence-corrected chi connectivity index (χ1v) is 11.0. The maximum Gasteiger partial charge on any atom is 0.182 e. The molecule has 0 amide bonds. The molecule has 0 bridgehead atoms. The van der Waals surface area contributed by atoms with Gasteiger partial charge in [0.25, 0.3) is 0 Å². The highest BCUT2D eigenvalue weighted by atomic mass is 35.5. The van der Waals surface area contributed by atoms with E-state index in [1.54, 1.807) is 12.3 Å². The first-order valence-electron chi connectivity index (χ1n) is 8.91. The van der Waals surface area contributed by atoms with Crippen LogP contribution in [0, 0.1) is 0 Å². The van der Waals surface area contributed by atoms with Gasteiger partial charge in [0.15, 0.2) is 21.6 Å². The minimum absolute atomic E-state index is 0.0394. The van der Waals surface area contributed by atoms with Crippen LogP contribution in [0.3, 0.4) is 0 Å². The number of thiazole rings is 2. The van der Waals surface area contributed by atoms with E-state index < -0.39 is 6.61 Å². The molecular formula is C20H19ClN2O3S2. The van der Waals surface area contributed by atoms with Crippen LogP contribution in [0.15, 0.2) is 35.8 Å². The first kappa shape index (κ1) is 20.8. The standard InChI is InChI=1S/C20H19ClN2O3S2/c21-15-8-5-4-7-14(15)18-17(23-20(28-18)19-22-10-11-27-19)16(26)9-3-1-2-6-13(25)12-24/h4-5,7-8,10-11,24H,1-3,6,9,12H2. The summed E-state index contributed by atoms with van der Waals surface area (Å²) in [5, 5.41) is 12.7. The van der Waals surface area contributed by atoms with Gasteiger partial charge in [-0.25, -0.2) is 9.97 Å². The van der Waals surface area contributed by atoms with E-state index in [-0.39, 0.29) is 11.6 Å². The maximum absolute atomic E-state index is 12.9. The molecule has 0 aliphatic rings. The Morgan fingerprint density at radius 3 is 2.57 bits per heavy atom. The van der Waals surface area contributed by atoms with Gasteiger partial charge in [-0.3, -0.25) is 9.59 Å². The number of aliphatic hydroxyl groups excluding tert-OH is 1.